The van der Waals surface area contributed by atoms with Gasteiger partial charge in [0.25, 0.3) is 0 Å². The highest BCUT2D eigenvalue weighted by Crippen LogP contribution is 2.33. The average Bonchev–Trinajstić information content (AvgIpc) is 2.85. The molecule has 0 atom stereocenters. The van der Waals surface area contributed by atoms with E-state index in [9.17, 15) is 17.6 Å². The minimum Gasteiger partial charge on any atom is -0.359 e. The summed E-state index contributed by atoms with van der Waals surface area (Å²) in [6.45, 7) is 4.03. The van der Waals surface area contributed by atoms with Gasteiger partial charge in [-0.3, -0.25) is 0 Å². The minimum atomic E-state index is -4.49. The van der Waals surface area contributed by atoms with Gasteiger partial charge < -0.3 is 5.32 Å². The van der Waals surface area contributed by atoms with E-state index < -0.39 is 16.6 Å². The van der Waals surface area contributed by atoms with Gasteiger partial charge in [-0.1, -0.05) is 37.3 Å². The summed E-state index contributed by atoms with van der Waals surface area (Å²) in [5, 5.41) is 8.47. The highest BCUT2D eigenvalue weighted by molar-refractivity contribution is 7.15. The number of hydrogen-bond acceptors (Lipinski definition) is 4. The minimum absolute atomic E-state index is 0.0896. The number of alkyl halides is 3. The van der Waals surface area contributed by atoms with Gasteiger partial charge in [0.05, 0.1) is 0 Å². The number of nitrogens with one attached hydrogen (secondary N) is 1. The third-order valence-corrected chi connectivity index (χ3v) is 3.88. The Labute approximate surface area is 123 Å². The van der Waals surface area contributed by atoms with Crippen molar-refractivity contribution in [3.63, 3.8) is 0 Å². The molecule has 8 heteroatoms. The summed E-state index contributed by atoms with van der Waals surface area (Å²) in [5.74, 6) is -0.351. The third kappa shape index (κ3) is 3.90. The van der Waals surface area contributed by atoms with Crippen LogP contribution in [-0.4, -0.2) is 16.7 Å². The van der Waals surface area contributed by atoms with Crippen molar-refractivity contribution < 1.29 is 17.6 Å². The highest BCUT2D eigenvalue weighted by atomic mass is 32.1. The molecule has 3 nitrogen and oxygen atoms in total. The first-order valence-electron chi connectivity index (χ1n) is 6.09. The summed E-state index contributed by atoms with van der Waals surface area (Å²) in [4.78, 5) is 0. The molecule has 0 radical (unpaired) electrons. The topological polar surface area (TPSA) is 37.8 Å². The monoisotopic (exact) mass is 319 g/mol. The van der Waals surface area contributed by atoms with E-state index in [0.29, 0.717) is 17.9 Å². The normalized spacial score (nSPS) is 12.5. The zero-order chi connectivity index (χ0) is 15.7. The van der Waals surface area contributed by atoms with Crippen LogP contribution in [-0.2, 0) is 11.6 Å². The van der Waals surface area contributed by atoms with Crippen LogP contribution in [0.2, 0.25) is 0 Å². The lowest BCUT2D eigenvalue weighted by molar-refractivity contribution is -0.138. The second kappa shape index (κ2) is 5.59. The van der Waals surface area contributed by atoms with Crippen molar-refractivity contribution in [3.05, 3.63) is 40.7 Å². The molecule has 1 aromatic heterocycles. The maximum Gasteiger partial charge on any atom is 0.445 e. The molecule has 2 rings (SSSR count). The lowest BCUT2D eigenvalue weighted by atomic mass is 9.84. The Morgan fingerprint density at radius 2 is 1.90 bits per heavy atom. The Balaban J connectivity index is 2.06. The molecular formula is C13H13F4N3S. The molecule has 1 N–H and O–H groups in total. The molecule has 21 heavy (non-hydrogen) atoms. The van der Waals surface area contributed by atoms with Crippen LogP contribution < -0.4 is 5.32 Å². The van der Waals surface area contributed by atoms with E-state index in [0.717, 1.165) is 5.56 Å². The largest absolute Gasteiger partial charge is 0.445 e. The van der Waals surface area contributed by atoms with Crippen molar-refractivity contribution in [2.75, 3.05) is 11.9 Å². The second-order valence-electron chi connectivity index (χ2n) is 5.16. The number of nitrogens with zero attached hydrogens (tertiary/aromatic N) is 2. The van der Waals surface area contributed by atoms with Gasteiger partial charge in [0.1, 0.15) is 5.82 Å². The molecule has 2 aromatic rings. The number of aromatic nitrogens is 2. The molecular weight excluding hydrogens is 306 g/mol. The molecule has 0 unspecified atom stereocenters. The van der Waals surface area contributed by atoms with E-state index in [-0.39, 0.29) is 10.9 Å². The number of hydrogen-bond donors (Lipinski definition) is 1. The first-order chi connectivity index (χ1) is 9.68. The standard InChI is InChI=1S/C13H13F4N3S/c1-12(2,8-4-3-5-9(14)6-8)7-18-11-20-19-10(21-11)13(15,16)17/h3-6H,7H2,1-2H3,(H,18,20). The first kappa shape index (κ1) is 15.7. The van der Waals surface area contributed by atoms with Crippen LogP contribution in [0.4, 0.5) is 22.7 Å². The molecule has 0 aliphatic carbocycles. The van der Waals surface area contributed by atoms with Crippen LogP contribution in [0.25, 0.3) is 0 Å². The quantitative estimate of drug-likeness (QED) is 0.863. The number of benzene rings is 1. The van der Waals surface area contributed by atoms with Gasteiger partial charge in [-0.15, -0.1) is 10.2 Å². The van der Waals surface area contributed by atoms with Gasteiger partial charge in [-0.05, 0) is 17.7 Å². The van der Waals surface area contributed by atoms with Crippen LogP contribution in [0.15, 0.2) is 24.3 Å². The molecule has 0 saturated carbocycles. The maximum absolute atomic E-state index is 13.2. The lowest BCUT2D eigenvalue weighted by Crippen LogP contribution is -2.27. The van der Waals surface area contributed by atoms with Gasteiger partial charge >= 0.3 is 6.18 Å². The predicted octanol–water partition coefficient (Wildman–Crippen LogP) is 4.09. The predicted molar refractivity (Wildman–Crippen MR) is 72.8 cm³/mol. The zero-order valence-electron chi connectivity index (χ0n) is 11.3. The third-order valence-electron chi connectivity index (χ3n) is 2.96. The fourth-order valence-corrected chi connectivity index (χ4v) is 2.32. The number of halogens is 4. The van der Waals surface area contributed by atoms with E-state index in [1.807, 2.05) is 13.8 Å². The highest BCUT2D eigenvalue weighted by Gasteiger charge is 2.35. The molecule has 0 amide bonds. The Morgan fingerprint density at radius 3 is 2.48 bits per heavy atom. The molecule has 0 saturated heterocycles. The molecule has 114 valence electrons. The van der Waals surface area contributed by atoms with Gasteiger partial charge in [0, 0.05) is 12.0 Å². The summed E-state index contributed by atoms with van der Waals surface area (Å²) in [6, 6.07) is 6.11. The van der Waals surface area contributed by atoms with E-state index in [2.05, 4.69) is 15.5 Å². The van der Waals surface area contributed by atoms with Crippen LogP contribution in [0.1, 0.15) is 24.4 Å². The molecule has 1 heterocycles. The van der Waals surface area contributed by atoms with E-state index >= 15 is 0 Å². The van der Waals surface area contributed by atoms with Gasteiger partial charge in [-0.2, -0.15) is 13.2 Å². The Bertz CT molecular complexity index is 622. The van der Waals surface area contributed by atoms with Crippen molar-refractivity contribution in [1.82, 2.24) is 10.2 Å². The second-order valence-corrected chi connectivity index (χ2v) is 6.14. The molecule has 1 aromatic carbocycles. The smallest absolute Gasteiger partial charge is 0.359 e. The molecule has 0 aliphatic heterocycles. The summed E-state index contributed by atoms with van der Waals surface area (Å²) in [7, 11) is 0. The van der Waals surface area contributed by atoms with Crippen molar-refractivity contribution in [1.29, 1.82) is 0 Å². The lowest BCUT2D eigenvalue weighted by Gasteiger charge is -2.25. The Hall–Kier alpha value is -1.70. The van der Waals surface area contributed by atoms with Crippen LogP contribution in [0, 0.1) is 5.82 Å². The Kier molecular flexibility index (Phi) is 4.18. The molecule has 0 fully saturated rings. The zero-order valence-corrected chi connectivity index (χ0v) is 12.1. The van der Waals surface area contributed by atoms with Gasteiger partial charge in [-0.25, -0.2) is 4.39 Å². The SMILES string of the molecule is CC(C)(CNc1nnc(C(F)(F)F)s1)c1cccc(F)c1. The summed E-state index contributed by atoms with van der Waals surface area (Å²) < 4.78 is 50.5. The molecule has 0 bridgehead atoms. The van der Waals surface area contributed by atoms with Crippen molar-refractivity contribution in [2.45, 2.75) is 25.4 Å². The van der Waals surface area contributed by atoms with Crippen molar-refractivity contribution in [3.8, 4) is 0 Å². The fraction of sp³-hybridized carbons (Fsp3) is 0.385. The van der Waals surface area contributed by atoms with E-state index in [4.69, 9.17) is 0 Å². The van der Waals surface area contributed by atoms with Crippen LogP contribution in [0.5, 0.6) is 0 Å². The summed E-state index contributed by atoms with van der Waals surface area (Å²) >= 11 is 0.446. The van der Waals surface area contributed by atoms with Crippen molar-refractivity contribution in [2.24, 2.45) is 0 Å². The maximum atomic E-state index is 13.2. The van der Waals surface area contributed by atoms with Gasteiger partial charge in [0.15, 0.2) is 0 Å². The first-order valence-corrected chi connectivity index (χ1v) is 6.91. The molecule has 0 aliphatic rings. The van der Waals surface area contributed by atoms with Gasteiger partial charge in [0.2, 0.25) is 10.1 Å². The van der Waals surface area contributed by atoms with Crippen LogP contribution >= 0.6 is 11.3 Å². The van der Waals surface area contributed by atoms with Crippen LogP contribution in [0.3, 0.4) is 0 Å². The molecule has 0 spiro atoms. The summed E-state index contributed by atoms with van der Waals surface area (Å²) in [5.41, 5.74) is 0.280. The van der Waals surface area contributed by atoms with E-state index in [1.165, 1.54) is 12.1 Å². The summed E-state index contributed by atoms with van der Waals surface area (Å²) in [6.07, 6.45) is -4.49. The number of anilines is 1. The average molecular weight is 319 g/mol. The van der Waals surface area contributed by atoms with E-state index in [1.54, 1.807) is 12.1 Å². The fourth-order valence-electron chi connectivity index (χ4n) is 1.72. The Morgan fingerprint density at radius 1 is 1.19 bits per heavy atom. The van der Waals surface area contributed by atoms with Crippen molar-refractivity contribution >= 4 is 16.5 Å². The number of rotatable bonds is 4.